The molecule has 3 nitrogen and oxygen atoms in total. The van der Waals surface area contributed by atoms with Crippen LogP contribution in [-0.2, 0) is 9.53 Å². The number of rotatable bonds is 2. The SMILES string of the molecule is COC(=O)[C@@H]1CCCN1C1CCCC1. The van der Waals surface area contributed by atoms with E-state index in [0.29, 0.717) is 6.04 Å². The fourth-order valence-electron chi connectivity index (χ4n) is 2.85. The second-order valence-corrected chi connectivity index (χ2v) is 4.36. The third-order valence-electron chi connectivity index (χ3n) is 3.56. The number of carbonyl (C=O) groups is 1. The summed E-state index contributed by atoms with van der Waals surface area (Å²) in [5.41, 5.74) is 0. The van der Waals surface area contributed by atoms with Gasteiger partial charge < -0.3 is 4.74 Å². The van der Waals surface area contributed by atoms with Gasteiger partial charge in [0.05, 0.1) is 7.11 Å². The van der Waals surface area contributed by atoms with Crippen molar-refractivity contribution in [3.05, 3.63) is 0 Å². The molecule has 0 N–H and O–H groups in total. The molecule has 0 aromatic heterocycles. The Morgan fingerprint density at radius 3 is 2.57 bits per heavy atom. The predicted molar refractivity (Wildman–Crippen MR) is 54.0 cm³/mol. The first-order valence-corrected chi connectivity index (χ1v) is 5.66. The first kappa shape index (κ1) is 9.97. The van der Waals surface area contributed by atoms with Gasteiger partial charge in [0.15, 0.2) is 0 Å². The Bertz CT molecular complexity index is 211. The average molecular weight is 197 g/mol. The summed E-state index contributed by atoms with van der Waals surface area (Å²) in [5.74, 6) is -0.0330. The van der Waals surface area contributed by atoms with Crippen molar-refractivity contribution in [3.8, 4) is 0 Å². The van der Waals surface area contributed by atoms with Gasteiger partial charge in [-0.1, -0.05) is 12.8 Å². The van der Waals surface area contributed by atoms with Crippen molar-refractivity contribution in [2.45, 2.75) is 50.6 Å². The van der Waals surface area contributed by atoms with Crippen LogP contribution in [0.1, 0.15) is 38.5 Å². The van der Waals surface area contributed by atoms with E-state index in [1.54, 1.807) is 0 Å². The van der Waals surface area contributed by atoms with E-state index in [9.17, 15) is 4.79 Å². The van der Waals surface area contributed by atoms with E-state index in [0.717, 1.165) is 19.4 Å². The summed E-state index contributed by atoms with van der Waals surface area (Å²) in [6.07, 6.45) is 7.34. The number of esters is 1. The van der Waals surface area contributed by atoms with Crippen molar-refractivity contribution in [1.82, 2.24) is 4.90 Å². The van der Waals surface area contributed by atoms with Crippen LogP contribution in [0.3, 0.4) is 0 Å². The van der Waals surface area contributed by atoms with Crippen LogP contribution in [0.25, 0.3) is 0 Å². The summed E-state index contributed by atoms with van der Waals surface area (Å²) in [7, 11) is 1.49. The summed E-state index contributed by atoms with van der Waals surface area (Å²) >= 11 is 0. The maximum absolute atomic E-state index is 11.5. The highest BCUT2D eigenvalue weighted by Crippen LogP contribution is 2.30. The van der Waals surface area contributed by atoms with E-state index < -0.39 is 0 Å². The molecule has 2 fully saturated rings. The van der Waals surface area contributed by atoms with Crippen molar-refractivity contribution in [1.29, 1.82) is 0 Å². The Balaban J connectivity index is 1.98. The molecule has 0 bridgehead atoms. The third kappa shape index (κ3) is 1.78. The molecule has 2 aliphatic rings. The number of hydrogen-bond donors (Lipinski definition) is 0. The van der Waals surface area contributed by atoms with Gasteiger partial charge in [0.25, 0.3) is 0 Å². The Hall–Kier alpha value is -0.570. The highest BCUT2D eigenvalue weighted by Gasteiger charge is 2.36. The van der Waals surface area contributed by atoms with Gasteiger partial charge in [0.2, 0.25) is 0 Å². The molecule has 80 valence electrons. The summed E-state index contributed by atoms with van der Waals surface area (Å²) in [6, 6.07) is 0.713. The van der Waals surface area contributed by atoms with Gasteiger partial charge in [-0.15, -0.1) is 0 Å². The molecule has 3 heteroatoms. The molecule has 2 rings (SSSR count). The summed E-state index contributed by atoms with van der Waals surface area (Å²) in [5, 5.41) is 0. The molecule has 1 heterocycles. The van der Waals surface area contributed by atoms with Crippen LogP contribution in [-0.4, -0.2) is 36.6 Å². The van der Waals surface area contributed by atoms with Gasteiger partial charge in [-0.3, -0.25) is 9.69 Å². The second-order valence-electron chi connectivity index (χ2n) is 4.36. The minimum atomic E-state index is -0.0330. The quantitative estimate of drug-likeness (QED) is 0.629. The zero-order valence-electron chi connectivity index (χ0n) is 8.87. The van der Waals surface area contributed by atoms with E-state index in [2.05, 4.69) is 4.90 Å². The molecule has 0 spiro atoms. The summed E-state index contributed by atoms with van der Waals surface area (Å²) in [6.45, 7) is 1.09. The van der Waals surface area contributed by atoms with E-state index in [1.807, 2.05) is 0 Å². The molecule has 1 saturated carbocycles. The minimum absolute atomic E-state index is 0.0330. The first-order valence-electron chi connectivity index (χ1n) is 5.66. The fourth-order valence-corrected chi connectivity index (χ4v) is 2.85. The number of carbonyl (C=O) groups excluding carboxylic acids is 1. The van der Waals surface area contributed by atoms with Crippen LogP contribution in [0.2, 0.25) is 0 Å². The summed E-state index contributed by atoms with van der Waals surface area (Å²) < 4.78 is 4.84. The first-order chi connectivity index (χ1) is 6.83. The number of methoxy groups -OCH3 is 1. The summed E-state index contributed by atoms with van der Waals surface area (Å²) in [4.78, 5) is 13.9. The molecule has 0 aromatic carbocycles. The van der Waals surface area contributed by atoms with E-state index in [1.165, 1.54) is 32.8 Å². The van der Waals surface area contributed by atoms with Gasteiger partial charge in [-0.25, -0.2) is 0 Å². The smallest absolute Gasteiger partial charge is 0.323 e. The topological polar surface area (TPSA) is 29.5 Å². The van der Waals surface area contributed by atoms with Crippen LogP contribution in [0.4, 0.5) is 0 Å². The zero-order valence-corrected chi connectivity index (χ0v) is 8.87. The lowest BCUT2D eigenvalue weighted by molar-refractivity contribution is -0.146. The lowest BCUT2D eigenvalue weighted by Gasteiger charge is -2.28. The van der Waals surface area contributed by atoms with E-state index in [4.69, 9.17) is 4.74 Å². The van der Waals surface area contributed by atoms with Crippen molar-refractivity contribution >= 4 is 5.97 Å². The number of nitrogens with zero attached hydrogens (tertiary/aromatic N) is 1. The molecule has 0 amide bonds. The molecule has 1 atom stereocenters. The largest absolute Gasteiger partial charge is 0.468 e. The standard InChI is InChI=1S/C11H19NO2/c1-14-11(13)10-7-4-8-12(10)9-5-2-3-6-9/h9-10H,2-8H2,1H3/t10-/m0/s1. The van der Waals surface area contributed by atoms with Crippen molar-refractivity contribution in [3.63, 3.8) is 0 Å². The van der Waals surface area contributed by atoms with E-state index >= 15 is 0 Å². The average Bonchev–Trinajstić information content (AvgIpc) is 2.85. The molecule has 0 radical (unpaired) electrons. The maximum Gasteiger partial charge on any atom is 0.323 e. The monoisotopic (exact) mass is 197 g/mol. The van der Waals surface area contributed by atoms with Gasteiger partial charge in [0.1, 0.15) is 6.04 Å². The van der Waals surface area contributed by atoms with Crippen molar-refractivity contribution in [2.24, 2.45) is 0 Å². The fraction of sp³-hybridized carbons (Fsp3) is 0.909. The zero-order chi connectivity index (χ0) is 9.97. The van der Waals surface area contributed by atoms with Crippen molar-refractivity contribution in [2.75, 3.05) is 13.7 Å². The Labute approximate surface area is 85.4 Å². The van der Waals surface area contributed by atoms with E-state index in [-0.39, 0.29) is 12.0 Å². The molecule has 0 aromatic rings. The Kier molecular flexibility index (Phi) is 3.06. The highest BCUT2D eigenvalue weighted by atomic mass is 16.5. The van der Waals surface area contributed by atoms with Crippen molar-refractivity contribution < 1.29 is 9.53 Å². The highest BCUT2D eigenvalue weighted by molar-refractivity contribution is 5.76. The lowest BCUT2D eigenvalue weighted by atomic mass is 10.1. The van der Waals surface area contributed by atoms with Crippen LogP contribution >= 0.6 is 0 Å². The number of hydrogen-bond acceptors (Lipinski definition) is 3. The second kappa shape index (κ2) is 4.30. The molecule has 1 aliphatic heterocycles. The van der Waals surface area contributed by atoms with Gasteiger partial charge in [-0.2, -0.15) is 0 Å². The van der Waals surface area contributed by atoms with Crippen LogP contribution < -0.4 is 0 Å². The third-order valence-corrected chi connectivity index (χ3v) is 3.56. The molecule has 0 unspecified atom stereocenters. The van der Waals surface area contributed by atoms with Gasteiger partial charge in [0, 0.05) is 6.04 Å². The Morgan fingerprint density at radius 1 is 1.21 bits per heavy atom. The minimum Gasteiger partial charge on any atom is -0.468 e. The number of ether oxygens (including phenoxy) is 1. The van der Waals surface area contributed by atoms with Gasteiger partial charge in [-0.05, 0) is 32.2 Å². The molecule has 1 aliphatic carbocycles. The molecule has 14 heavy (non-hydrogen) atoms. The molecular weight excluding hydrogens is 178 g/mol. The predicted octanol–water partition coefficient (Wildman–Crippen LogP) is 1.57. The molecule has 1 saturated heterocycles. The lowest BCUT2D eigenvalue weighted by Crippen LogP contribution is -2.42. The maximum atomic E-state index is 11.5. The normalized spacial score (nSPS) is 29.6. The van der Waals surface area contributed by atoms with Crippen LogP contribution in [0.5, 0.6) is 0 Å². The number of likely N-dealkylation sites (tertiary alicyclic amines) is 1. The Morgan fingerprint density at radius 2 is 1.93 bits per heavy atom. The van der Waals surface area contributed by atoms with Gasteiger partial charge >= 0.3 is 5.97 Å². The molecular formula is C11H19NO2. The van der Waals surface area contributed by atoms with Crippen LogP contribution in [0, 0.1) is 0 Å². The van der Waals surface area contributed by atoms with Crippen LogP contribution in [0.15, 0.2) is 0 Å².